The molecule has 0 saturated carbocycles. The summed E-state index contributed by atoms with van der Waals surface area (Å²) in [4.78, 5) is 53.4. The molecule has 392 valence electrons. The van der Waals surface area contributed by atoms with Crippen molar-refractivity contribution in [2.24, 2.45) is 0 Å². The number of alkyl halides is 10. The number of ketones is 2. The maximum absolute atomic E-state index is 14.0. The molecule has 0 atom stereocenters. The molecular formula is C55H44F10N2O8. The summed E-state index contributed by atoms with van der Waals surface area (Å²) in [6, 6.07) is 30.8. The van der Waals surface area contributed by atoms with Crippen molar-refractivity contribution in [2.75, 3.05) is 24.7 Å². The van der Waals surface area contributed by atoms with Crippen LogP contribution in [0.1, 0.15) is 83.8 Å². The molecule has 6 rings (SSSR count). The summed E-state index contributed by atoms with van der Waals surface area (Å²) in [5, 5.41) is 0. The fraction of sp³-hybridized carbons (Fsp3) is 0.200. The van der Waals surface area contributed by atoms with Crippen molar-refractivity contribution in [1.29, 1.82) is 0 Å². The quantitative estimate of drug-likeness (QED) is 0.0135. The van der Waals surface area contributed by atoms with E-state index in [1.165, 1.54) is 103 Å². The Hall–Kier alpha value is -8.42. The Balaban J connectivity index is 1.05. The van der Waals surface area contributed by atoms with E-state index in [9.17, 15) is 63.1 Å². The average Bonchev–Trinajstić information content (AvgIpc) is 3.36. The van der Waals surface area contributed by atoms with Crippen molar-refractivity contribution < 1.29 is 82.0 Å². The molecule has 0 heterocycles. The summed E-state index contributed by atoms with van der Waals surface area (Å²) in [5.74, 6) is -11.5. The van der Waals surface area contributed by atoms with E-state index < -0.39 is 86.6 Å². The van der Waals surface area contributed by atoms with Gasteiger partial charge in [0.2, 0.25) is 0 Å². The number of esters is 2. The Morgan fingerprint density at radius 2 is 0.893 bits per heavy atom. The molecule has 0 saturated heterocycles. The molecule has 20 heteroatoms. The van der Waals surface area contributed by atoms with Crippen LogP contribution >= 0.6 is 0 Å². The topological polar surface area (TPSA) is 157 Å². The normalized spacial score (nSPS) is 12.2. The number of carbonyl (C=O) groups is 4. The molecule has 0 bridgehead atoms. The minimum atomic E-state index is -5.65. The summed E-state index contributed by atoms with van der Waals surface area (Å²) in [7, 11) is 0. The first-order valence-electron chi connectivity index (χ1n) is 22.5. The van der Waals surface area contributed by atoms with Crippen molar-refractivity contribution in [1.82, 2.24) is 0 Å². The largest absolute Gasteiger partial charge is 0.494 e. The monoisotopic (exact) mass is 1050 g/mol. The van der Waals surface area contributed by atoms with Gasteiger partial charge in [-0.25, -0.2) is 9.59 Å². The zero-order chi connectivity index (χ0) is 54.7. The lowest BCUT2D eigenvalue weighted by Gasteiger charge is -2.19. The number of benzene rings is 6. The molecule has 0 aliphatic heterocycles. The van der Waals surface area contributed by atoms with Gasteiger partial charge in [-0.2, -0.15) is 43.9 Å². The number of anilines is 2. The highest BCUT2D eigenvalue weighted by molar-refractivity contribution is 6.16. The van der Waals surface area contributed by atoms with Crippen molar-refractivity contribution in [2.45, 2.75) is 56.8 Å². The third-order valence-corrected chi connectivity index (χ3v) is 11.2. The molecule has 0 aromatic heterocycles. The fourth-order valence-corrected chi connectivity index (χ4v) is 7.04. The molecule has 0 radical (unpaired) electrons. The van der Waals surface area contributed by atoms with Crippen LogP contribution < -0.4 is 30.4 Å². The molecule has 6 aromatic carbocycles. The lowest BCUT2D eigenvalue weighted by molar-refractivity contribution is -0.284. The van der Waals surface area contributed by atoms with Crippen LogP contribution in [0.4, 0.5) is 55.3 Å². The summed E-state index contributed by atoms with van der Waals surface area (Å²) in [5.41, 5.74) is 15.8. The second kappa shape index (κ2) is 23.6. The van der Waals surface area contributed by atoms with E-state index in [4.69, 9.17) is 30.4 Å². The lowest BCUT2D eigenvalue weighted by Crippen LogP contribution is -2.36. The van der Waals surface area contributed by atoms with Crippen LogP contribution in [0.3, 0.4) is 0 Å². The summed E-state index contributed by atoms with van der Waals surface area (Å²) in [6.07, 6.45) is -9.65. The Bertz CT molecular complexity index is 3060. The number of nitrogen functional groups attached to an aromatic ring is 2. The van der Waals surface area contributed by atoms with Gasteiger partial charge in [-0.15, -0.1) is 0 Å². The third-order valence-electron chi connectivity index (χ3n) is 11.2. The van der Waals surface area contributed by atoms with E-state index >= 15 is 0 Å². The molecule has 0 aliphatic rings. The summed E-state index contributed by atoms with van der Waals surface area (Å²) in [6.45, 7) is 0.841. The van der Waals surface area contributed by atoms with Gasteiger partial charge in [0.05, 0.1) is 24.3 Å². The number of allylic oxidation sites excluding steroid dienone is 2. The molecule has 0 spiro atoms. The zero-order valence-electron chi connectivity index (χ0n) is 39.4. The van der Waals surface area contributed by atoms with Crippen LogP contribution in [0.25, 0.3) is 23.3 Å². The first-order valence-corrected chi connectivity index (χ1v) is 22.5. The van der Waals surface area contributed by atoms with Gasteiger partial charge < -0.3 is 30.4 Å². The molecular weight excluding hydrogens is 1010 g/mol. The van der Waals surface area contributed by atoms with Crippen LogP contribution in [-0.4, -0.2) is 60.9 Å². The van der Waals surface area contributed by atoms with Crippen molar-refractivity contribution in [3.63, 3.8) is 0 Å². The first-order chi connectivity index (χ1) is 35.3. The van der Waals surface area contributed by atoms with Gasteiger partial charge >= 0.3 is 36.1 Å². The minimum Gasteiger partial charge on any atom is -0.494 e. The molecule has 0 aliphatic carbocycles. The zero-order valence-corrected chi connectivity index (χ0v) is 39.4. The highest BCUT2D eigenvalue weighted by atomic mass is 19.4. The van der Waals surface area contributed by atoms with Gasteiger partial charge in [0.15, 0.2) is 11.6 Å². The van der Waals surface area contributed by atoms with Gasteiger partial charge in [-0.3, -0.25) is 9.59 Å². The number of nitrogens with two attached hydrogens (primary N) is 2. The number of halogens is 10. The van der Waals surface area contributed by atoms with Crippen molar-refractivity contribution >= 4 is 47.0 Å². The Morgan fingerprint density at radius 3 is 1.32 bits per heavy atom. The molecule has 75 heavy (non-hydrogen) atoms. The number of carbonyl (C=O) groups excluding carboxylic acids is 4. The Morgan fingerprint density at radius 1 is 0.493 bits per heavy atom. The van der Waals surface area contributed by atoms with Gasteiger partial charge in [0.1, 0.15) is 23.0 Å². The summed E-state index contributed by atoms with van der Waals surface area (Å²) < 4.78 is 148. The van der Waals surface area contributed by atoms with Crippen molar-refractivity contribution in [3.8, 4) is 34.1 Å². The number of hydrogen-bond acceptors (Lipinski definition) is 10. The standard InChI is InChI=1S/C55H44F10N2O8/c1-33-46(67)25-24-44(49(33)48(69)27-9-35-6-17-42(18-7-35)75-51(71)37-12-21-40(22-13-37)73-31-3-29-53(58,59)55(63,64)65)43-23-14-38(66)32-45(43)47(68)26-8-34-4-15-41(16-5-34)74-50(70)36-10-19-39(20-11-36)72-30-2-28-52(56,57)54(60,61)62/h4-27,32H,2-3,28-31,66-67H2,1H3/b26-8+,27-9+. The molecule has 0 fully saturated rings. The van der Waals surface area contributed by atoms with Crippen LogP contribution in [0.15, 0.2) is 140 Å². The molecule has 0 amide bonds. The van der Waals surface area contributed by atoms with Crippen LogP contribution in [0.2, 0.25) is 0 Å². The smallest absolute Gasteiger partial charge is 0.453 e. The predicted molar refractivity (Wildman–Crippen MR) is 259 cm³/mol. The third kappa shape index (κ3) is 14.9. The lowest BCUT2D eigenvalue weighted by atomic mass is 9.88. The highest BCUT2D eigenvalue weighted by Gasteiger charge is 2.57. The summed E-state index contributed by atoms with van der Waals surface area (Å²) >= 11 is 0. The second-order valence-electron chi connectivity index (χ2n) is 16.7. The van der Waals surface area contributed by atoms with E-state index in [0.717, 1.165) is 0 Å². The molecule has 0 unspecified atom stereocenters. The Labute approximate surface area is 422 Å². The maximum Gasteiger partial charge on any atom is 0.453 e. The molecule has 4 N–H and O–H groups in total. The van der Waals surface area contributed by atoms with Gasteiger partial charge in [-0.05, 0) is 151 Å². The van der Waals surface area contributed by atoms with Crippen LogP contribution in [-0.2, 0) is 0 Å². The Kier molecular flexibility index (Phi) is 17.6. The predicted octanol–water partition coefficient (Wildman–Crippen LogP) is 13.8. The van der Waals surface area contributed by atoms with Gasteiger partial charge in [0, 0.05) is 35.3 Å². The van der Waals surface area contributed by atoms with Crippen LogP contribution in [0.5, 0.6) is 23.0 Å². The van der Waals surface area contributed by atoms with Gasteiger partial charge in [-0.1, -0.05) is 48.6 Å². The number of rotatable bonds is 21. The first kappa shape index (κ1) is 55.9. The van der Waals surface area contributed by atoms with E-state index in [1.807, 2.05) is 0 Å². The van der Waals surface area contributed by atoms with E-state index in [2.05, 4.69) is 0 Å². The van der Waals surface area contributed by atoms with E-state index in [0.29, 0.717) is 33.5 Å². The van der Waals surface area contributed by atoms with E-state index in [-0.39, 0.29) is 50.9 Å². The number of ether oxygens (including phenoxy) is 4. The van der Waals surface area contributed by atoms with Crippen LogP contribution in [0, 0.1) is 6.92 Å². The van der Waals surface area contributed by atoms with E-state index in [1.54, 1.807) is 55.5 Å². The average molecular weight is 1050 g/mol. The number of hydrogen-bond donors (Lipinski definition) is 2. The molecule has 6 aromatic rings. The SMILES string of the molecule is Cc1c(N)ccc(-c2ccc(N)cc2C(=O)/C=C/c2ccc(OC(=O)c3ccc(OCCCC(F)(F)C(F)(F)F)cc3)cc2)c1C(=O)/C=C/c1ccc(OC(=O)c2ccc(OCCCC(F)(F)C(F)(F)F)cc2)cc1. The fourth-order valence-electron chi connectivity index (χ4n) is 7.04. The maximum atomic E-state index is 14.0. The minimum absolute atomic E-state index is 0.0926. The van der Waals surface area contributed by atoms with Crippen molar-refractivity contribution in [3.05, 3.63) is 178 Å². The molecule has 10 nitrogen and oxygen atoms in total. The highest BCUT2D eigenvalue weighted by Crippen LogP contribution is 2.40. The second-order valence-corrected chi connectivity index (χ2v) is 16.7. The van der Waals surface area contributed by atoms with Gasteiger partial charge in [0.25, 0.3) is 0 Å².